The average Bonchev–Trinajstić information content (AvgIpc) is 2.50. The minimum atomic E-state index is -4.18. The van der Waals surface area contributed by atoms with Gasteiger partial charge in [0.2, 0.25) is 10.0 Å². The van der Waals surface area contributed by atoms with Crippen LogP contribution >= 0.6 is 0 Å². The molecule has 1 unspecified atom stereocenters. The average molecular weight is 375 g/mol. The van der Waals surface area contributed by atoms with E-state index in [0.717, 1.165) is 18.2 Å². The summed E-state index contributed by atoms with van der Waals surface area (Å²) in [5.74, 6) is -3.73. The van der Waals surface area contributed by atoms with Gasteiger partial charge in [0.15, 0.2) is 0 Å². The van der Waals surface area contributed by atoms with Crippen molar-refractivity contribution in [3.05, 3.63) is 29.6 Å². The Bertz CT molecular complexity index is 732. The van der Waals surface area contributed by atoms with Gasteiger partial charge in [0.05, 0.1) is 23.0 Å². The Morgan fingerprint density at radius 1 is 1.28 bits per heavy atom. The van der Waals surface area contributed by atoms with Gasteiger partial charge in [-0.1, -0.05) is 13.8 Å². The number of halogens is 1. The van der Waals surface area contributed by atoms with Gasteiger partial charge in [0.1, 0.15) is 5.82 Å². The van der Waals surface area contributed by atoms with Gasteiger partial charge in [0.25, 0.3) is 0 Å². The van der Waals surface area contributed by atoms with Crippen molar-refractivity contribution in [2.24, 2.45) is 11.8 Å². The fraction of sp³-hybridized carbons (Fsp3) is 0.500. The van der Waals surface area contributed by atoms with E-state index < -0.39 is 38.6 Å². The summed E-state index contributed by atoms with van der Waals surface area (Å²) in [5.41, 5.74) is -0.237. The molecule has 140 valence electrons. The van der Waals surface area contributed by atoms with Crippen LogP contribution in [0.25, 0.3) is 0 Å². The van der Waals surface area contributed by atoms with Crippen LogP contribution in [0, 0.1) is 17.7 Å². The van der Waals surface area contributed by atoms with Crippen molar-refractivity contribution in [2.75, 3.05) is 13.2 Å². The molecule has 0 heterocycles. The molecule has 1 aromatic carbocycles. The summed E-state index contributed by atoms with van der Waals surface area (Å²) in [7, 11) is -4.18. The third-order valence-corrected chi connectivity index (χ3v) is 4.72. The number of rotatable bonds is 9. The molecule has 0 saturated heterocycles. The van der Waals surface area contributed by atoms with E-state index >= 15 is 0 Å². The van der Waals surface area contributed by atoms with E-state index in [0.29, 0.717) is 0 Å². The first-order valence-electron chi connectivity index (χ1n) is 7.77. The van der Waals surface area contributed by atoms with E-state index in [9.17, 15) is 22.4 Å². The van der Waals surface area contributed by atoms with Crippen LogP contribution in [0.3, 0.4) is 0 Å². The molecule has 0 aliphatic heterocycles. The Balaban J connectivity index is 3.01. The van der Waals surface area contributed by atoms with Crippen LogP contribution in [0.15, 0.2) is 23.1 Å². The van der Waals surface area contributed by atoms with Gasteiger partial charge in [-0.2, -0.15) is 0 Å². The molecule has 0 bridgehead atoms. The van der Waals surface area contributed by atoms with E-state index in [2.05, 4.69) is 4.72 Å². The highest BCUT2D eigenvalue weighted by Crippen LogP contribution is 2.17. The highest BCUT2D eigenvalue weighted by Gasteiger charge is 2.24. The Hall–Kier alpha value is -2.00. The summed E-state index contributed by atoms with van der Waals surface area (Å²) in [6.07, 6.45) is 0.287. The van der Waals surface area contributed by atoms with Crippen LogP contribution in [-0.4, -0.2) is 38.6 Å². The van der Waals surface area contributed by atoms with Gasteiger partial charge in [-0.3, -0.25) is 4.79 Å². The lowest BCUT2D eigenvalue weighted by Crippen LogP contribution is -2.33. The normalized spacial score (nSPS) is 12.8. The maximum Gasteiger partial charge on any atom is 0.338 e. The van der Waals surface area contributed by atoms with E-state index in [1.165, 1.54) is 0 Å². The molecule has 0 saturated carbocycles. The van der Waals surface area contributed by atoms with Gasteiger partial charge in [0, 0.05) is 6.54 Å². The third kappa shape index (κ3) is 6.43. The summed E-state index contributed by atoms with van der Waals surface area (Å²) in [5, 5.41) is 9.15. The number of ether oxygens (including phenoxy) is 1. The fourth-order valence-electron chi connectivity index (χ4n) is 2.18. The molecule has 0 amide bonds. The number of carbonyl (C=O) groups is 2. The van der Waals surface area contributed by atoms with Gasteiger partial charge in [-0.15, -0.1) is 0 Å². The first kappa shape index (κ1) is 21.0. The molecule has 1 aromatic rings. The molecule has 0 fully saturated rings. The van der Waals surface area contributed by atoms with Gasteiger partial charge < -0.3 is 9.84 Å². The number of carboxylic acid groups (broad SMARTS) is 1. The van der Waals surface area contributed by atoms with Crippen LogP contribution in [0.4, 0.5) is 4.39 Å². The van der Waals surface area contributed by atoms with Crippen LogP contribution in [-0.2, 0) is 19.6 Å². The fourth-order valence-corrected chi connectivity index (χ4v) is 3.32. The molecule has 0 aliphatic carbocycles. The van der Waals surface area contributed by atoms with E-state index in [4.69, 9.17) is 9.84 Å². The molecule has 0 radical (unpaired) electrons. The van der Waals surface area contributed by atoms with Crippen molar-refractivity contribution in [2.45, 2.75) is 32.1 Å². The molecule has 0 aromatic heterocycles. The monoisotopic (exact) mass is 375 g/mol. The molecule has 2 N–H and O–H groups in total. The standard InChI is InChI=1S/C16H22FNO6S/c1-4-24-16(21)11-6-13(17)8-14(7-11)25(22,23)18-9-12(15(19)20)5-10(2)3/h6-8,10,12,18H,4-5,9H2,1-3H3,(H,19,20). The van der Waals surface area contributed by atoms with Crippen molar-refractivity contribution in [3.63, 3.8) is 0 Å². The Morgan fingerprint density at radius 3 is 2.44 bits per heavy atom. The second kappa shape index (κ2) is 8.91. The number of aliphatic carboxylic acids is 1. The summed E-state index contributed by atoms with van der Waals surface area (Å²) in [4.78, 5) is 22.4. The van der Waals surface area contributed by atoms with E-state index in [1.807, 2.05) is 13.8 Å². The van der Waals surface area contributed by atoms with E-state index in [1.54, 1.807) is 6.92 Å². The molecule has 1 atom stereocenters. The number of nitrogens with one attached hydrogen (secondary N) is 1. The highest BCUT2D eigenvalue weighted by atomic mass is 32.2. The lowest BCUT2D eigenvalue weighted by atomic mass is 9.98. The number of benzene rings is 1. The number of hydrogen-bond donors (Lipinski definition) is 2. The lowest BCUT2D eigenvalue weighted by molar-refractivity contribution is -0.142. The first-order valence-corrected chi connectivity index (χ1v) is 9.25. The smallest absolute Gasteiger partial charge is 0.338 e. The van der Waals surface area contributed by atoms with Gasteiger partial charge in [-0.25, -0.2) is 22.3 Å². The molecular formula is C16H22FNO6S. The van der Waals surface area contributed by atoms with Crippen molar-refractivity contribution in [1.82, 2.24) is 4.72 Å². The molecule has 1 rings (SSSR count). The van der Waals surface area contributed by atoms with E-state index in [-0.39, 0.29) is 31.1 Å². The molecular weight excluding hydrogens is 353 g/mol. The largest absolute Gasteiger partial charge is 0.481 e. The molecule has 9 heteroatoms. The van der Waals surface area contributed by atoms with Gasteiger partial charge >= 0.3 is 11.9 Å². The van der Waals surface area contributed by atoms with Crippen LogP contribution in [0.2, 0.25) is 0 Å². The second-order valence-electron chi connectivity index (χ2n) is 5.91. The predicted octanol–water partition coefficient (Wildman–Crippen LogP) is 2.03. The summed E-state index contributed by atoms with van der Waals surface area (Å²) in [6, 6.07) is 2.61. The molecule has 0 aliphatic rings. The number of carboxylic acids is 1. The topological polar surface area (TPSA) is 110 Å². The van der Waals surface area contributed by atoms with Crippen molar-refractivity contribution in [3.8, 4) is 0 Å². The first-order chi connectivity index (χ1) is 11.6. The van der Waals surface area contributed by atoms with Gasteiger partial charge in [-0.05, 0) is 37.5 Å². The third-order valence-electron chi connectivity index (χ3n) is 3.32. The number of esters is 1. The summed E-state index contributed by atoms with van der Waals surface area (Å²) >= 11 is 0. The zero-order valence-corrected chi connectivity index (χ0v) is 15.1. The SMILES string of the molecule is CCOC(=O)c1cc(F)cc(S(=O)(=O)NCC(CC(C)C)C(=O)O)c1. The predicted molar refractivity (Wildman–Crippen MR) is 88.1 cm³/mol. The number of carbonyl (C=O) groups excluding carboxylic acids is 1. The Kier molecular flexibility index (Phi) is 7.50. The zero-order chi connectivity index (χ0) is 19.2. The van der Waals surface area contributed by atoms with Crippen LogP contribution in [0.1, 0.15) is 37.6 Å². The van der Waals surface area contributed by atoms with Crippen molar-refractivity contribution in [1.29, 1.82) is 0 Å². The molecule has 25 heavy (non-hydrogen) atoms. The second-order valence-corrected chi connectivity index (χ2v) is 7.68. The molecule has 0 spiro atoms. The quantitative estimate of drug-likeness (QED) is 0.639. The van der Waals surface area contributed by atoms with Crippen LogP contribution in [0.5, 0.6) is 0 Å². The van der Waals surface area contributed by atoms with Crippen molar-refractivity contribution < 1.29 is 32.2 Å². The zero-order valence-electron chi connectivity index (χ0n) is 14.3. The molecule has 7 nitrogen and oxygen atoms in total. The Morgan fingerprint density at radius 2 is 1.92 bits per heavy atom. The minimum absolute atomic E-state index is 0.0607. The number of sulfonamides is 1. The summed E-state index contributed by atoms with van der Waals surface area (Å²) in [6.45, 7) is 4.94. The van der Waals surface area contributed by atoms with Crippen molar-refractivity contribution >= 4 is 22.0 Å². The minimum Gasteiger partial charge on any atom is -0.481 e. The van der Waals surface area contributed by atoms with Crippen LogP contribution < -0.4 is 4.72 Å². The summed E-state index contributed by atoms with van der Waals surface area (Å²) < 4.78 is 45.2. The lowest BCUT2D eigenvalue weighted by Gasteiger charge is -2.16. The maximum atomic E-state index is 13.7. The highest BCUT2D eigenvalue weighted by molar-refractivity contribution is 7.89. The maximum absolute atomic E-state index is 13.7. The Labute approximate surface area is 146 Å². The number of hydrogen-bond acceptors (Lipinski definition) is 5.